The molecule has 1 aliphatic rings. The first-order valence-corrected chi connectivity index (χ1v) is 7.28. The summed E-state index contributed by atoms with van der Waals surface area (Å²) < 4.78 is 0. The lowest BCUT2D eigenvalue weighted by Crippen LogP contribution is -2.54. The number of likely N-dealkylation sites (N-methyl/N-ethyl adjacent to an activating group) is 1. The lowest BCUT2D eigenvalue weighted by atomic mass is 10.2. The van der Waals surface area contributed by atoms with Crippen LogP contribution in [0.25, 0.3) is 0 Å². The zero-order valence-electron chi connectivity index (χ0n) is 13.3. The molecule has 120 valence electrons. The molecule has 7 nitrogen and oxygen atoms in total. The topological polar surface area (TPSA) is 67.9 Å². The van der Waals surface area contributed by atoms with Crippen molar-refractivity contribution in [2.24, 2.45) is 0 Å². The van der Waals surface area contributed by atoms with E-state index < -0.39 is 11.8 Å². The van der Waals surface area contributed by atoms with Crippen LogP contribution in [0.15, 0.2) is 24.3 Å². The first-order chi connectivity index (χ1) is 10.5. The van der Waals surface area contributed by atoms with Crippen LogP contribution in [0, 0.1) is 0 Å². The van der Waals surface area contributed by atoms with Crippen molar-refractivity contribution in [2.75, 3.05) is 57.5 Å². The van der Waals surface area contributed by atoms with Crippen molar-refractivity contribution in [3.8, 4) is 0 Å². The Morgan fingerprint density at radius 3 is 2.14 bits per heavy atom. The van der Waals surface area contributed by atoms with E-state index in [1.54, 1.807) is 17.1 Å². The summed E-state index contributed by atoms with van der Waals surface area (Å²) in [5.74, 6) is -1.29. The number of hydrazine groups is 1. The van der Waals surface area contributed by atoms with Crippen LogP contribution < -0.4 is 15.6 Å². The third-order valence-corrected chi connectivity index (χ3v) is 3.61. The molecular formula is C15H23N5O2. The van der Waals surface area contributed by atoms with Crippen LogP contribution in [0.5, 0.6) is 0 Å². The largest absolute Gasteiger partial charge is 0.378 e. The van der Waals surface area contributed by atoms with E-state index in [0.29, 0.717) is 18.8 Å². The summed E-state index contributed by atoms with van der Waals surface area (Å²) in [4.78, 5) is 27.9. The lowest BCUT2D eigenvalue weighted by molar-refractivity contribution is -0.139. The predicted molar refractivity (Wildman–Crippen MR) is 86.6 cm³/mol. The molecular weight excluding hydrogens is 282 g/mol. The minimum atomic E-state index is -0.656. The van der Waals surface area contributed by atoms with E-state index >= 15 is 0 Å². The Morgan fingerprint density at radius 1 is 1.00 bits per heavy atom. The van der Waals surface area contributed by atoms with Gasteiger partial charge < -0.3 is 15.1 Å². The maximum Gasteiger partial charge on any atom is 0.323 e. The second-order valence-corrected chi connectivity index (χ2v) is 5.63. The van der Waals surface area contributed by atoms with Crippen molar-refractivity contribution < 1.29 is 9.59 Å². The lowest BCUT2D eigenvalue weighted by Gasteiger charge is -2.32. The molecule has 0 atom stereocenters. The van der Waals surface area contributed by atoms with Gasteiger partial charge in [0.2, 0.25) is 0 Å². The number of rotatable bonds is 3. The van der Waals surface area contributed by atoms with Crippen LogP contribution in [-0.2, 0) is 9.59 Å². The number of carbonyl (C=O) groups is 2. The Balaban J connectivity index is 1.84. The molecule has 1 saturated heterocycles. The summed E-state index contributed by atoms with van der Waals surface area (Å²) in [6.07, 6.45) is 0. The van der Waals surface area contributed by atoms with Gasteiger partial charge in [0.1, 0.15) is 0 Å². The highest BCUT2D eigenvalue weighted by atomic mass is 16.2. The highest BCUT2D eigenvalue weighted by Crippen LogP contribution is 2.15. The number of hydrogen-bond donors (Lipinski definition) is 2. The molecule has 0 saturated carbocycles. The van der Waals surface area contributed by atoms with Crippen molar-refractivity contribution in [2.45, 2.75) is 0 Å². The molecule has 1 aromatic rings. The van der Waals surface area contributed by atoms with Gasteiger partial charge in [0, 0.05) is 51.6 Å². The zero-order chi connectivity index (χ0) is 16.1. The van der Waals surface area contributed by atoms with Crippen molar-refractivity contribution in [1.82, 2.24) is 15.3 Å². The standard InChI is InChI=1S/C15H23N5O2/c1-18(2)13-6-4-12(5-7-13)16-14(21)15(22)17-20-10-8-19(3)9-11-20/h4-7H,8-11H2,1-3H3,(H,16,21)(H,17,22). The Bertz CT molecular complexity index is 521. The van der Waals surface area contributed by atoms with E-state index in [1.807, 2.05) is 38.2 Å². The first kappa shape index (κ1) is 16.3. The van der Waals surface area contributed by atoms with Crippen molar-refractivity contribution >= 4 is 23.2 Å². The predicted octanol–water partition coefficient (Wildman–Crippen LogP) is -0.0303. The Kier molecular flexibility index (Phi) is 5.35. The second kappa shape index (κ2) is 7.24. The minimum absolute atomic E-state index is 0.601. The van der Waals surface area contributed by atoms with Crippen molar-refractivity contribution in [3.05, 3.63) is 24.3 Å². The first-order valence-electron chi connectivity index (χ1n) is 7.28. The molecule has 2 N–H and O–H groups in total. The number of hydrogen-bond acceptors (Lipinski definition) is 5. The third kappa shape index (κ3) is 4.44. The molecule has 0 aliphatic carbocycles. The molecule has 0 unspecified atom stereocenters. The zero-order valence-corrected chi connectivity index (χ0v) is 13.3. The van der Waals surface area contributed by atoms with Gasteiger partial charge in [-0.15, -0.1) is 0 Å². The monoisotopic (exact) mass is 305 g/mol. The molecule has 2 rings (SSSR count). The molecule has 1 aliphatic heterocycles. The molecule has 1 heterocycles. The molecule has 2 amide bonds. The van der Waals surface area contributed by atoms with Crippen LogP contribution in [-0.4, -0.2) is 69.0 Å². The number of nitrogens with one attached hydrogen (secondary N) is 2. The van der Waals surface area contributed by atoms with Gasteiger partial charge in [-0.2, -0.15) is 0 Å². The summed E-state index contributed by atoms with van der Waals surface area (Å²) in [5, 5.41) is 4.37. The van der Waals surface area contributed by atoms with Gasteiger partial charge in [0.25, 0.3) is 0 Å². The minimum Gasteiger partial charge on any atom is -0.378 e. The van der Waals surface area contributed by atoms with E-state index in [9.17, 15) is 9.59 Å². The highest BCUT2D eigenvalue weighted by molar-refractivity contribution is 6.39. The van der Waals surface area contributed by atoms with Gasteiger partial charge in [-0.3, -0.25) is 15.0 Å². The summed E-state index contributed by atoms with van der Waals surface area (Å²) in [7, 11) is 5.91. The average molecular weight is 305 g/mol. The van der Waals surface area contributed by atoms with Crippen molar-refractivity contribution in [1.29, 1.82) is 0 Å². The quantitative estimate of drug-likeness (QED) is 0.768. The number of anilines is 2. The molecule has 1 aromatic carbocycles. The van der Waals surface area contributed by atoms with Crippen LogP contribution in [0.4, 0.5) is 11.4 Å². The third-order valence-electron chi connectivity index (χ3n) is 3.61. The van der Waals surface area contributed by atoms with Crippen LogP contribution in [0.2, 0.25) is 0 Å². The van der Waals surface area contributed by atoms with Gasteiger partial charge in [-0.05, 0) is 31.3 Å². The summed E-state index contributed by atoms with van der Waals surface area (Å²) in [6.45, 7) is 3.17. The maximum atomic E-state index is 11.9. The van der Waals surface area contributed by atoms with E-state index in [-0.39, 0.29) is 0 Å². The van der Waals surface area contributed by atoms with E-state index in [2.05, 4.69) is 15.6 Å². The van der Waals surface area contributed by atoms with E-state index in [0.717, 1.165) is 18.8 Å². The van der Waals surface area contributed by atoms with E-state index in [4.69, 9.17) is 0 Å². The average Bonchev–Trinajstić information content (AvgIpc) is 2.50. The number of nitrogens with zero attached hydrogens (tertiary/aromatic N) is 3. The highest BCUT2D eigenvalue weighted by Gasteiger charge is 2.20. The molecule has 0 spiro atoms. The summed E-state index contributed by atoms with van der Waals surface area (Å²) >= 11 is 0. The Hall–Kier alpha value is -2.12. The Labute approximate surface area is 130 Å². The fourth-order valence-corrected chi connectivity index (χ4v) is 2.14. The van der Waals surface area contributed by atoms with Crippen LogP contribution in [0.1, 0.15) is 0 Å². The second-order valence-electron chi connectivity index (χ2n) is 5.63. The number of carbonyl (C=O) groups excluding carboxylic acids is 2. The molecule has 7 heteroatoms. The summed E-state index contributed by atoms with van der Waals surface area (Å²) in [6, 6.07) is 7.31. The van der Waals surface area contributed by atoms with Gasteiger partial charge in [0.05, 0.1) is 0 Å². The molecule has 0 bridgehead atoms. The van der Waals surface area contributed by atoms with Crippen LogP contribution in [0.3, 0.4) is 0 Å². The fourth-order valence-electron chi connectivity index (χ4n) is 2.14. The van der Waals surface area contributed by atoms with Gasteiger partial charge in [0.15, 0.2) is 0 Å². The molecule has 1 fully saturated rings. The SMILES string of the molecule is CN1CCN(NC(=O)C(=O)Nc2ccc(N(C)C)cc2)CC1. The van der Waals surface area contributed by atoms with Crippen LogP contribution >= 0.6 is 0 Å². The number of amides is 2. The Morgan fingerprint density at radius 2 is 1.59 bits per heavy atom. The van der Waals surface area contributed by atoms with Gasteiger partial charge >= 0.3 is 11.8 Å². The summed E-state index contributed by atoms with van der Waals surface area (Å²) in [5.41, 5.74) is 4.27. The fraction of sp³-hybridized carbons (Fsp3) is 0.467. The normalized spacial score (nSPS) is 16.1. The van der Waals surface area contributed by atoms with Gasteiger partial charge in [-0.25, -0.2) is 5.01 Å². The number of piperazine rings is 1. The van der Waals surface area contributed by atoms with Crippen molar-refractivity contribution in [3.63, 3.8) is 0 Å². The smallest absolute Gasteiger partial charge is 0.323 e. The molecule has 22 heavy (non-hydrogen) atoms. The maximum absolute atomic E-state index is 11.9. The number of benzene rings is 1. The molecule has 0 radical (unpaired) electrons. The molecule has 0 aromatic heterocycles. The van der Waals surface area contributed by atoms with Gasteiger partial charge in [-0.1, -0.05) is 0 Å². The van der Waals surface area contributed by atoms with E-state index in [1.165, 1.54) is 0 Å².